The summed E-state index contributed by atoms with van der Waals surface area (Å²) in [7, 11) is 0. The minimum absolute atomic E-state index is 0.284. The third-order valence-electron chi connectivity index (χ3n) is 6.61. The zero-order valence-corrected chi connectivity index (χ0v) is 16.6. The second kappa shape index (κ2) is 8.33. The number of carbonyl (C=O) groups excluding carboxylic acids is 1. The first-order valence-corrected chi connectivity index (χ1v) is 10.7. The van der Waals surface area contributed by atoms with Gasteiger partial charge < -0.3 is 9.47 Å². The van der Waals surface area contributed by atoms with Crippen LogP contribution in [0.15, 0.2) is 42.6 Å². The molecule has 2 aliphatic carbocycles. The van der Waals surface area contributed by atoms with Gasteiger partial charge in [-0.2, -0.15) is 0 Å². The van der Waals surface area contributed by atoms with E-state index in [2.05, 4.69) is 59.0 Å². The minimum atomic E-state index is 0.284. The van der Waals surface area contributed by atoms with Gasteiger partial charge in [0.25, 0.3) is 0 Å². The second-order valence-electron chi connectivity index (χ2n) is 8.44. The van der Waals surface area contributed by atoms with Crippen LogP contribution in [-0.4, -0.2) is 21.4 Å². The maximum absolute atomic E-state index is 13.2. The van der Waals surface area contributed by atoms with E-state index in [0.717, 1.165) is 25.9 Å². The highest BCUT2D eigenvalue weighted by molar-refractivity contribution is 5.80. The van der Waals surface area contributed by atoms with Crippen LogP contribution in [0.5, 0.6) is 0 Å². The summed E-state index contributed by atoms with van der Waals surface area (Å²) in [5.74, 6) is 0.698. The van der Waals surface area contributed by atoms with Crippen LogP contribution in [0.3, 0.4) is 0 Å². The summed E-state index contributed by atoms with van der Waals surface area (Å²) >= 11 is 0. The molecular formula is C24H32N2O. The van der Waals surface area contributed by atoms with Crippen molar-refractivity contribution in [2.24, 2.45) is 5.92 Å². The van der Waals surface area contributed by atoms with Gasteiger partial charge in [0.1, 0.15) is 0 Å². The zero-order chi connectivity index (χ0) is 18.6. The van der Waals surface area contributed by atoms with E-state index in [1.54, 1.807) is 0 Å². The van der Waals surface area contributed by atoms with E-state index < -0.39 is 0 Å². The normalized spacial score (nSPS) is 18.3. The summed E-state index contributed by atoms with van der Waals surface area (Å²) in [6.45, 7) is 3.82. The van der Waals surface area contributed by atoms with Crippen LogP contribution in [0.2, 0.25) is 0 Å². The molecule has 4 rings (SSSR count). The Kier molecular flexibility index (Phi) is 5.66. The van der Waals surface area contributed by atoms with Gasteiger partial charge in [-0.05, 0) is 55.9 Å². The molecule has 0 bridgehead atoms. The largest absolute Gasteiger partial charge is 0.345 e. The molecule has 3 nitrogen and oxygen atoms in total. The Hall–Kier alpha value is -2.03. The molecule has 1 amide bonds. The summed E-state index contributed by atoms with van der Waals surface area (Å²) in [5, 5.41) is 0. The highest BCUT2D eigenvalue weighted by Gasteiger charge is 2.34. The third-order valence-corrected chi connectivity index (χ3v) is 6.61. The third kappa shape index (κ3) is 4.12. The van der Waals surface area contributed by atoms with E-state index >= 15 is 0 Å². The number of rotatable bonds is 6. The minimum Gasteiger partial charge on any atom is -0.345 e. The van der Waals surface area contributed by atoms with Gasteiger partial charge in [-0.3, -0.25) is 4.79 Å². The lowest BCUT2D eigenvalue weighted by Crippen LogP contribution is -2.45. The maximum Gasteiger partial charge on any atom is 0.226 e. The van der Waals surface area contributed by atoms with Crippen molar-refractivity contribution in [2.45, 2.75) is 77.4 Å². The van der Waals surface area contributed by atoms with Gasteiger partial charge in [0, 0.05) is 30.4 Å². The van der Waals surface area contributed by atoms with Crippen LogP contribution in [-0.2, 0) is 17.9 Å². The van der Waals surface area contributed by atoms with E-state index in [-0.39, 0.29) is 5.92 Å². The first-order valence-electron chi connectivity index (χ1n) is 10.7. The van der Waals surface area contributed by atoms with Gasteiger partial charge in [0.15, 0.2) is 0 Å². The van der Waals surface area contributed by atoms with Crippen molar-refractivity contribution in [2.75, 3.05) is 0 Å². The summed E-state index contributed by atoms with van der Waals surface area (Å²) in [6, 6.07) is 13.3. The quantitative estimate of drug-likeness (QED) is 0.682. The van der Waals surface area contributed by atoms with Crippen molar-refractivity contribution in [1.82, 2.24) is 9.47 Å². The Morgan fingerprint density at radius 1 is 1.00 bits per heavy atom. The average molecular weight is 365 g/mol. The number of aromatic nitrogens is 1. The average Bonchev–Trinajstić information content (AvgIpc) is 3.07. The fourth-order valence-corrected chi connectivity index (χ4v) is 4.56. The standard InChI is InChI=1S/C24H32N2O/c1-19-9-5-6-10-21(19)17-25-16-8-15-23(25)18-26(22-13-3-2-4-14-22)24(27)20-11-7-12-20/h5-6,8-10,15-16,20,22H,2-4,7,11-14,17-18H2,1H3. The molecule has 1 aromatic carbocycles. The number of aryl methyl sites for hydroxylation is 1. The summed E-state index contributed by atoms with van der Waals surface area (Å²) in [5.41, 5.74) is 3.94. The van der Waals surface area contributed by atoms with Gasteiger partial charge in [0.2, 0.25) is 5.91 Å². The SMILES string of the molecule is Cc1ccccc1Cn1cccc1CN(C(=O)C1CCC1)C1CCCCC1. The molecule has 1 aromatic heterocycles. The number of hydrogen-bond donors (Lipinski definition) is 0. The van der Waals surface area contributed by atoms with Crippen LogP contribution in [0.4, 0.5) is 0 Å². The molecule has 3 heteroatoms. The van der Waals surface area contributed by atoms with E-state index in [4.69, 9.17) is 0 Å². The molecule has 0 spiro atoms. The van der Waals surface area contributed by atoms with E-state index in [0.29, 0.717) is 11.9 Å². The lowest BCUT2D eigenvalue weighted by molar-refractivity contribution is -0.142. The Balaban J connectivity index is 1.53. The Bertz CT molecular complexity index is 768. The van der Waals surface area contributed by atoms with Gasteiger partial charge in [-0.1, -0.05) is 49.9 Å². The molecule has 0 unspecified atom stereocenters. The van der Waals surface area contributed by atoms with Crippen LogP contribution >= 0.6 is 0 Å². The zero-order valence-electron chi connectivity index (χ0n) is 16.6. The highest BCUT2D eigenvalue weighted by Crippen LogP contribution is 2.32. The molecule has 2 aliphatic rings. The van der Waals surface area contributed by atoms with Crippen LogP contribution in [0.1, 0.15) is 68.2 Å². The Morgan fingerprint density at radius 3 is 2.48 bits per heavy atom. The summed E-state index contributed by atoms with van der Waals surface area (Å²) < 4.78 is 2.33. The summed E-state index contributed by atoms with van der Waals surface area (Å²) in [4.78, 5) is 15.4. The lowest BCUT2D eigenvalue weighted by atomic mass is 9.83. The maximum atomic E-state index is 13.2. The van der Waals surface area contributed by atoms with Crippen molar-refractivity contribution < 1.29 is 4.79 Å². The fraction of sp³-hybridized carbons (Fsp3) is 0.542. The monoisotopic (exact) mass is 364 g/mol. The van der Waals surface area contributed by atoms with Crippen molar-refractivity contribution in [3.8, 4) is 0 Å². The Labute approximate surface area is 163 Å². The first-order chi connectivity index (χ1) is 13.2. The van der Waals surface area contributed by atoms with Crippen LogP contribution in [0, 0.1) is 12.8 Å². The molecule has 2 fully saturated rings. The van der Waals surface area contributed by atoms with E-state index in [9.17, 15) is 4.79 Å². The van der Waals surface area contributed by atoms with Crippen LogP contribution < -0.4 is 0 Å². The molecule has 0 atom stereocenters. The van der Waals surface area contributed by atoms with Gasteiger partial charge >= 0.3 is 0 Å². The highest BCUT2D eigenvalue weighted by atomic mass is 16.2. The van der Waals surface area contributed by atoms with Crippen molar-refractivity contribution in [1.29, 1.82) is 0 Å². The smallest absolute Gasteiger partial charge is 0.226 e. The number of amides is 1. The molecule has 1 heterocycles. The molecule has 0 saturated heterocycles. The predicted molar refractivity (Wildman–Crippen MR) is 109 cm³/mol. The number of benzene rings is 1. The fourth-order valence-electron chi connectivity index (χ4n) is 4.56. The number of hydrogen-bond acceptors (Lipinski definition) is 1. The van der Waals surface area contributed by atoms with Crippen LogP contribution in [0.25, 0.3) is 0 Å². The van der Waals surface area contributed by atoms with Crippen molar-refractivity contribution in [3.63, 3.8) is 0 Å². The van der Waals surface area contributed by atoms with Crippen molar-refractivity contribution in [3.05, 3.63) is 59.4 Å². The molecule has 0 aliphatic heterocycles. The Morgan fingerprint density at radius 2 is 1.78 bits per heavy atom. The molecule has 0 N–H and O–H groups in total. The predicted octanol–water partition coefficient (Wildman–Crippen LogP) is 5.31. The van der Waals surface area contributed by atoms with E-state index in [1.165, 1.54) is 55.3 Å². The lowest BCUT2D eigenvalue weighted by Gasteiger charge is -2.39. The summed E-state index contributed by atoms with van der Waals surface area (Å²) in [6.07, 6.45) is 11.8. The molecule has 144 valence electrons. The molecular weight excluding hydrogens is 332 g/mol. The van der Waals surface area contributed by atoms with E-state index in [1.807, 2.05) is 0 Å². The number of nitrogens with zero attached hydrogens (tertiary/aromatic N) is 2. The topological polar surface area (TPSA) is 25.2 Å². The molecule has 0 radical (unpaired) electrons. The molecule has 2 saturated carbocycles. The second-order valence-corrected chi connectivity index (χ2v) is 8.44. The van der Waals surface area contributed by atoms with Gasteiger partial charge in [-0.25, -0.2) is 0 Å². The van der Waals surface area contributed by atoms with Gasteiger partial charge in [0.05, 0.1) is 6.54 Å². The van der Waals surface area contributed by atoms with Gasteiger partial charge in [-0.15, -0.1) is 0 Å². The molecule has 27 heavy (non-hydrogen) atoms. The molecule has 2 aromatic rings. The number of carbonyl (C=O) groups is 1. The van der Waals surface area contributed by atoms with Crippen molar-refractivity contribution >= 4 is 5.91 Å². The first kappa shape index (κ1) is 18.3.